The van der Waals surface area contributed by atoms with E-state index in [0.717, 1.165) is 27.7 Å². The highest BCUT2D eigenvalue weighted by molar-refractivity contribution is 7.11. The van der Waals surface area contributed by atoms with E-state index >= 15 is 0 Å². The smallest absolute Gasteiger partial charge is 0.227 e. The van der Waals surface area contributed by atoms with Gasteiger partial charge in [-0.1, -0.05) is 0 Å². The molecule has 2 aromatic heterocycles. The highest BCUT2D eigenvalue weighted by Crippen LogP contribution is 2.23. The number of rotatable bonds is 4. The van der Waals surface area contributed by atoms with Crippen molar-refractivity contribution in [3.8, 4) is 0 Å². The highest BCUT2D eigenvalue weighted by Gasteiger charge is 2.22. The monoisotopic (exact) mass is 306 g/mol. The maximum absolute atomic E-state index is 12.4. The van der Waals surface area contributed by atoms with Crippen molar-refractivity contribution < 1.29 is 4.79 Å². The van der Waals surface area contributed by atoms with Crippen LogP contribution >= 0.6 is 11.3 Å². The van der Waals surface area contributed by atoms with Gasteiger partial charge in [0.15, 0.2) is 0 Å². The Morgan fingerprint density at radius 1 is 1.29 bits per heavy atom. The van der Waals surface area contributed by atoms with E-state index in [1.807, 2.05) is 46.3 Å². The lowest BCUT2D eigenvalue weighted by Crippen LogP contribution is -2.28. The van der Waals surface area contributed by atoms with Crippen molar-refractivity contribution in [1.29, 1.82) is 0 Å². The number of aryl methyl sites for hydroxylation is 4. The van der Waals surface area contributed by atoms with Crippen LogP contribution in [0, 0.1) is 27.7 Å². The summed E-state index contributed by atoms with van der Waals surface area (Å²) in [7, 11) is 1.90. The normalized spacial score (nSPS) is 12.5. The Kier molecular flexibility index (Phi) is 4.46. The highest BCUT2D eigenvalue weighted by atomic mass is 32.1. The first-order chi connectivity index (χ1) is 9.81. The minimum absolute atomic E-state index is 0.0136. The van der Waals surface area contributed by atoms with Crippen LogP contribution in [-0.2, 0) is 18.4 Å². The number of carbonyl (C=O) groups is 1. The van der Waals surface area contributed by atoms with E-state index in [4.69, 9.17) is 0 Å². The van der Waals surface area contributed by atoms with Crippen molar-refractivity contribution in [2.24, 2.45) is 7.05 Å². The van der Waals surface area contributed by atoms with Crippen LogP contribution in [0.3, 0.4) is 0 Å². The fourth-order valence-corrected chi connectivity index (χ4v) is 3.35. The van der Waals surface area contributed by atoms with Crippen molar-refractivity contribution in [3.63, 3.8) is 0 Å². The summed E-state index contributed by atoms with van der Waals surface area (Å²) in [5, 5.41) is 8.30. The molecule has 2 aromatic rings. The Morgan fingerprint density at radius 3 is 2.43 bits per heavy atom. The minimum atomic E-state index is -0.208. The second-order valence-corrected chi connectivity index (χ2v) is 6.68. The lowest BCUT2D eigenvalue weighted by molar-refractivity contribution is -0.122. The molecule has 1 amide bonds. The molecule has 1 atom stereocenters. The summed E-state index contributed by atoms with van der Waals surface area (Å²) in [5.74, 6) is -0.194. The molecule has 0 spiro atoms. The van der Waals surface area contributed by atoms with Crippen molar-refractivity contribution >= 4 is 17.2 Å². The van der Waals surface area contributed by atoms with Crippen LogP contribution < -0.4 is 5.32 Å². The molecule has 0 fully saturated rings. The number of nitrogens with zero attached hydrogens (tertiary/aromatic N) is 3. The van der Waals surface area contributed by atoms with Gasteiger partial charge in [-0.3, -0.25) is 9.48 Å². The Morgan fingerprint density at radius 2 is 1.95 bits per heavy atom. The van der Waals surface area contributed by atoms with Gasteiger partial charge in [0.05, 0.1) is 23.9 Å². The standard InChI is InChI=1S/C15H22N4OS/c1-8(14-10(3)18-19(6)11(14)4)15(20)16-7-13-17-9(2)12(5)21-13/h8H,7H2,1-6H3,(H,16,20). The van der Waals surface area contributed by atoms with Gasteiger partial charge in [0, 0.05) is 23.2 Å². The number of thiazole rings is 1. The van der Waals surface area contributed by atoms with Gasteiger partial charge in [-0.25, -0.2) is 4.98 Å². The lowest BCUT2D eigenvalue weighted by Gasteiger charge is -2.12. The third kappa shape index (κ3) is 3.15. The third-order valence-electron chi connectivity index (χ3n) is 3.88. The Bertz CT molecular complexity index is 652. The second kappa shape index (κ2) is 5.97. The van der Waals surface area contributed by atoms with Gasteiger partial charge in [0.25, 0.3) is 0 Å². The van der Waals surface area contributed by atoms with Crippen molar-refractivity contribution in [2.45, 2.75) is 47.1 Å². The predicted octanol–water partition coefficient (Wildman–Crippen LogP) is 2.53. The number of nitrogens with one attached hydrogen (secondary N) is 1. The van der Waals surface area contributed by atoms with Gasteiger partial charge in [0.1, 0.15) is 5.01 Å². The number of aromatic nitrogens is 3. The fraction of sp³-hybridized carbons (Fsp3) is 0.533. The Labute approximate surface area is 129 Å². The molecule has 5 nitrogen and oxygen atoms in total. The van der Waals surface area contributed by atoms with Crippen molar-refractivity contribution in [3.05, 3.63) is 32.5 Å². The molecule has 0 saturated heterocycles. The summed E-state index contributed by atoms with van der Waals surface area (Å²) >= 11 is 1.63. The lowest BCUT2D eigenvalue weighted by atomic mass is 9.98. The summed E-state index contributed by atoms with van der Waals surface area (Å²) in [4.78, 5) is 18.0. The molecule has 0 radical (unpaired) electrons. The number of carbonyl (C=O) groups excluding carboxylic acids is 1. The van der Waals surface area contributed by atoms with E-state index in [2.05, 4.69) is 15.4 Å². The molecule has 114 valence electrons. The van der Waals surface area contributed by atoms with E-state index in [-0.39, 0.29) is 11.8 Å². The molecule has 1 N–H and O–H groups in total. The zero-order valence-corrected chi connectivity index (χ0v) is 14.3. The fourth-order valence-electron chi connectivity index (χ4n) is 2.48. The molecule has 0 aliphatic rings. The van der Waals surface area contributed by atoms with Gasteiger partial charge in [-0.15, -0.1) is 11.3 Å². The van der Waals surface area contributed by atoms with E-state index in [1.54, 1.807) is 11.3 Å². The van der Waals surface area contributed by atoms with Gasteiger partial charge in [-0.05, 0) is 34.6 Å². The first kappa shape index (κ1) is 15.7. The molecule has 21 heavy (non-hydrogen) atoms. The van der Waals surface area contributed by atoms with E-state index in [9.17, 15) is 4.79 Å². The van der Waals surface area contributed by atoms with Crippen LogP contribution in [0.1, 0.15) is 45.4 Å². The largest absolute Gasteiger partial charge is 0.349 e. The molecule has 6 heteroatoms. The molecular formula is C15H22N4OS. The molecule has 0 aliphatic carbocycles. The molecule has 0 aromatic carbocycles. The summed E-state index contributed by atoms with van der Waals surface area (Å²) in [6.45, 7) is 10.4. The topological polar surface area (TPSA) is 59.8 Å². The second-order valence-electron chi connectivity index (χ2n) is 5.40. The maximum atomic E-state index is 12.4. The molecule has 2 heterocycles. The van der Waals surface area contributed by atoms with Crippen LogP contribution in [0.2, 0.25) is 0 Å². The van der Waals surface area contributed by atoms with Crippen LogP contribution in [0.15, 0.2) is 0 Å². The molecule has 2 rings (SSSR count). The zero-order chi connectivity index (χ0) is 15.7. The SMILES string of the molecule is Cc1nc(CNC(=O)C(C)c2c(C)nn(C)c2C)sc1C. The van der Waals surface area contributed by atoms with E-state index in [0.29, 0.717) is 6.54 Å². The average Bonchev–Trinajstić information content (AvgIpc) is 2.86. The van der Waals surface area contributed by atoms with Crippen LogP contribution in [0.5, 0.6) is 0 Å². The van der Waals surface area contributed by atoms with Gasteiger partial charge in [-0.2, -0.15) is 5.10 Å². The first-order valence-electron chi connectivity index (χ1n) is 7.02. The molecule has 1 unspecified atom stereocenters. The maximum Gasteiger partial charge on any atom is 0.227 e. The predicted molar refractivity (Wildman–Crippen MR) is 84.5 cm³/mol. The van der Waals surface area contributed by atoms with Gasteiger partial charge < -0.3 is 5.32 Å². The Balaban J connectivity index is 2.06. The first-order valence-corrected chi connectivity index (χ1v) is 7.83. The van der Waals surface area contributed by atoms with Crippen molar-refractivity contribution in [1.82, 2.24) is 20.1 Å². The van der Waals surface area contributed by atoms with Gasteiger partial charge >= 0.3 is 0 Å². The van der Waals surface area contributed by atoms with Gasteiger partial charge in [0.2, 0.25) is 5.91 Å². The quantitative estimate of drug-likeness (QED) is 0.944. The number of hydrogen-bond acceptors (Lipinski definition) is 4. The Hall–Kier alpha value is -1.69. The molecule has 0 saturated carbocycles. The summed E-state index contributed by atoms with van der Waals surface area (Å²) in [6.07, 6.45) is 0. The van der Waals surface area contributed by atoms with Crippen molar-refractivity contribution in [2.75, 3.05) is 0 Å². The van der Waals surface area contributed by atoms with Crippen LogP contribution in [0.4, 0.5) is 0 Å². The van der Waals surface area contributed by atoms with Crippen LogP contribution in [-0.4, -0.2) is 20.7 Å². The van der Waals surface area contributed by atoms with E-state index in [1.165, 1.54) is 4.88 Å². The molecule has 0 aliphatic heterocycles. The zero-order valence-electron chi connectivity index (χ0n) is 13.4. The molecular weight excluding hydrogens is 284 g/mol. The number of hydrogen-bond donors (Lipinski definition) is 1. The summed E-state index contributed by atoms with van der Waals surface area (Å²) in [6, 6.07) is 0. The summed E-state index contributed by atoms with van der Waals surface area (Å²) < 4.78 is 1.82. The third-order valence-corrected chi connectivity index (χ3v) is 4.95. The molecule has 0 bridgehead atoms. The average molecular weight is 306 g/mol. The summed E-state index contributed by atoms with van der Waals surface area (Å²) in [5.41, 5.74) is 4.01. The number of amides is 1. The minimum Gasteiger partial charge on any atom is -0.349 e. The van der Waals surface area contributed by atoms with Crippen LogP contribution in [0.25, 0.3) is 0 Å². The van der Waals surface area contributed by atoms with E-state index < -0.39 is 0 Å².